The molecule has 0 bridgehead atoms. The molecular weight excluding hydrogens is 141 g/mol. The lowest BCUT2D eigenvalue weighted by molar-refractivity contribution is -0.859. The molecule has 0 atom stereocenters. The Bertz CT molecular complexity index is 133. The fourth-order valence-corrected chi connectivity index (χ4v) is 1.66. The standard InChI is InChI=1S/C4H12NO3P/c1-5(2,3)4-9(6,7)8/h4H2,1-3H3,(H-,6,7,8)/p+1. The highest BCUT2D eigenvalue weighted by molar-refractivity contribution is 7.51. The van der Waals surface area contributed by atoms with Crippen molar-refractivity contribution in [2.24, 2.45) is 0 Å². The van der Waals surface area contributed by atoms with Gasteiger partial charge in [0, 0.05) is 0 Å². The van der Waals surface area contributed by atoms with Crippen LogP contribution in [-0.4, -0.2) is 41.7 Å². The van der Waals surface area contributed by atoms with Crippen molar-refractivity contribution in [3.8, 4) is 0 Å². The molecule has 0 aliphatic carbocycles. The predicted molar refractivity (Wildman–Crippen MR) is 34.9 cm³/mol. The van der Waals surface area contributed by atoms with Crippen LogP contribution in [0.1, 0.15) is 0 Å². The van der Waals surface area contributed by atoms with E-state index in [-0.39, 0.29) is 6.29 Å². The second kappa shape index (κ2) is 2.39. The van der Waals surface area contributed by atoms with Crippen LogP contribution < -0.4 is 0 Å². The summed E-state index contributed by atoms with van der Waals surface area (Å²) < 4.78 is 10.6. The van der Waals surface area contributed by atoms with Crippen molar-refractivity contribution in [3.05, 3.63) is 0 Å². The lowest BCUT2D eigenvalue weighted by Crippen LogP contribution is -2.35. The van der Waals surface area contributed by atoms with E-state index < -0.39 is 7.60 Å². The molecule has 0 saturated heterocycles. The maximum Gasteiger partial charge on any atom is 0.379 e. The van der Waals surface area contributed by atoms with Crippen LogP contribution in [0.25, 0.3) is 0 Å². The number of nitrogens with zero attached hydrogens (tertiary/aromatic N) is 1. The molecule has 2 N–H and O–H groups in total. The maximum absolute atomic E-state index is 10.3. The fourth-order valence-electron chi connectivity index (χ4n) is 0.553. The molecule has 9 heavy (non-hydrogen) atoms. The summed E-state index contributed by atoms with van der Waals surface area (Å²) in [5, 5.41) is 0. The van der Waals surface area contributed by atoms with E-state index in [9.17, 15) is 4.57 Å². The molecule has 0 unspecified atom stereocenters. The van der Waals surface area contributed by atoms with E-state index in [1.807, 2.05) is 0 Å². The van der Waals surface area contributed by atoms with Gasteiger partial charge in [-0.15, -0.1) is 0 Å². The Hall–Kier alpha value is 0.110. The van der Waals surface area contributed by atoms with Crippen LogP contribution >= 0.6 is 7.60 Å². The molecule has 0 heterocycles. The normalized spacial score (nSPS) is 13.9. The smallest absolute Gasteiger partial charge is 0.321 e. The molecule has 0 aromatic rings. The zero-order valence-corrected chi connectivity index (χ0v) is 6.80. The van der Waals surface area contributed by atoms with E-state index in [0.29, 0.717) is 4.48 Å². The fraction of sp³-hybridized carbons (Fsp3) is 1.00. The topological polar surface area (TPSA) is 57.5 Å². The third-order valence-corrected chi connectivity index (χ3v) is 1.83. The average Bonchev–Trinajstić information content (AvgIpc) is 1.14. The molecule has 0 saturated carbocycles. The van der Waals surface area contributed by atoms with Gasteiger partial charge in [-0.2, -0.15) is 0 Å². The van der Waals surface area contributed by atoms with Crippen molar-refractivity contribution < 1.29 is 18.8 Å². The van der Waals surface area contributed by atoms with Crippen molar-refractivity contribution >= 4 is 7.60 Å². The monoisotopic (exact) mass is 154 g/mol. The zero-order valence-electron chi connectivity index (χ0n) is 5.90. The van der Waals surface area contributed by atoms with Crippen LogP contribution in [0.5, 0.6) is 0 Å². The van der Waals surface area contributed by atoms with Gasteiger partial charge >= 0.3 is 7.60 Å². The Labute approximate surface area is 54.9 Å². The Kier molecular flexibility index (Phi) is 2.41. The molecule has 0 amide bonds. The molecule has 0 spiro atoms. The third-order valence-electron chi connectivity index (χ3n) is 0.608. The van der Waals surface area contributed by atoms with Crippen LogP contribution in [0.15, 0.2) is 0 Å². The predicted octanol–water partition coefficient (Wildman–Crippen LogP) is -0.172. The second-order valence-corrected chi connectivity index (χ2v) is 4.71. The first-order chi connectivity index (χ1) is 3.71. The quantitative estimate of drug-likeness (QED) is 0.428. The molecular formula is C4H13NO3P+. The lowest BCUT2D eigenvalue weighted by Gasteiger charge is -2.23. The van der Waals surface area contributed by atoms with E-state index in [0.717, 1.165) is 0 Å². The van der Waals surface area contributed by atoms with Gasteiger partial charge in [0.2, 0.25) is 0 Å². The summed E-state index contributed by atoms with van der Waals surface area (Å²) in [6.45, 7) is 0. The molecule has 4 nitrogen and oxygen atoms in total. The van der Waals surface area contributed by atoms with E-state index in [4.69, 9.17) is 9.79 Å². The molecule has 0 aromatic carbocycles. The summed E-state index contributed by atoms with van der Waals surface area (Å²) in [6, 6.07) is 0. The minimum atomic E-state index is -3.82. The molecule has 0 aromatic heterocycles. The Morgan fingerprint density at radius 2 is 1.67 bits per heavy atom. The van der Waals surface area contributed by atoms with Crippen molar-refractivity contribution in [3.63, 3.8) is 0 Å². The zero-order chi connectivity index (χ0) is 7.71. The van der Waals surface area contributed by atoms with Gasteiger partial charge in [-0.3, -0.25) is 4.57 Å². The van der Waals surface area contributed by atoms with Crippen LogP contribution in [0, 0.1) is 0 Å². The summed E-state index contributed by atoms with van der Waals surface area (Å²) in [5.41, 5.74) is 0. The highest BCUT2D eigenvalue weighted by Gasteiger charge is 2.23. The number of hydrogen-bond donors (Lipinski definition) is 2. The SMILES string of the molecule is C[N+](C)(C)CP(=O)(O)O. The maximum atomic E-state index is 10.3. The largest absolute Gasteiger partial charge is 0.379 e. The van der Waals surface area contributed by atoms with Gasteiger partial charge in [-0.25, -0.2) is 0 Å². The van der Waals surface area contributed by atoms with Gasteiger partial charge < -0.3 is 14.3 Å². The highest BCUT2D eigenvalue weighted by atomic mass is 31.2. The first kappa shape index (κ1) is 9.11. The Morgan fingerprint density at radius 3 is 1.67 bits per heavy atom. The summed E-state index contributed by atoms with van der Waals surface area (Å²) in [4.78, 5) is 16.9. The number of quaternary nitrogens is 1. The molecule has 0 fully saturated rings. The summed E-state index contributed by atoms with van der Waals surface area (Å²) in [7, 11) is 1.39. The third kappa shape index (κ3) is 8.11. The molecule has 0 radical (unpaired) electrons. The average molecular weight is 154 g/mol. The van der Waals surface area contributed by atoms with Crippen molar-refractivity contribution in [2.45, 2.75) is 0 Å². The summed E-state index contributed by atoms with van der Waals surface area (Å²) >= 11 is 0. The number of hydrogen-bond acceptors (Lipinski definition) is 1. The van der Waals surface area contributed by atoms with E-state index >= 15 is 0 Å². The minimum absolute atomic E-state index is 0.104. The van der Waals surface area contributed by atoms with E-state index in [1.165, 1.54) is 0 Å². The Balaban J connectivity index is 3.90. The van der Waals surface area contributed by atoms with Crippen molar-refractivity contribution in [1.82, 2.24) is 0 Å². The molecule has 0 rings (SSSR count). The number of rotatable bonds is 2. The van der Waals surface area contributed by atoms with Gasteiger partial charge in [0.1, 0.15) is 0 Å². The van der Waals surface area contributed by atoms with Gasteiger partial charge in [0.25, 0.3) is 0 Å². The van der Waals surface area contributed by atoms with Crippen molar-refractivity contribution in [1.29, 1.82) is 0 Å². The summed E-state index contributed by atoms with van der Waals surface area (Å²) in [6.07, 6.45) is -0.104. The van der Waals surface area contributed by atoms with Crippen LogP contribution in [0.2, 0.25) is 0 Å². The van der Waals surface area contributed by atoms with Gasteiger partial charge in [0.05, 0.1) is 21.1 Å². The van der Waals surface area contributed by atoms with Gasteiger partial charge in [-0.05, 0) is 0 Å². The van der Waals surface area contributed by atoms with Crippen LogP contribution in [0.4, 0.5) is 0 Å². The first-order valence-electron chi connectivity index (χ1n) is 2.56. The first-order valence-corrected chi connectivity index (χ1v) is 4.35. The van der Waals surface area contributed by atoms with Gasteiger partial charge in [-0.1, -0.05) is 0 Å². The van der Waals surface area contributed by atoms with E-state index in [2.05, 4.69) is 0 Å². The lowest BCUT2D eigenvalue weighted by atomic mass is 10.8. The van der Waals surface area contributed by atoms with Gasteiger partial charge in [0.15, 0.2) is 6.29 Å². The molecule has 0 aliphatic heterocycles. The van der Waals surface area contributed by atoms with Crippen LogP contribution in [-0.2, 0) is 4.57 Å². The Morgan fingerprint density at radius 1 is 1.33 bits per heavy atom. The molecule has 56 valence electrons. The minimum Gasteiger partial charge on any atom is -0.321 e. The molecule has 0 aliphatic rings. The second-order valence-electron chi connectivity index (χ2n) is 3.10. The van der Waals surface area contributed by atoms with Crippen LogP contribution in [0.3, 0.4) is 0 Å². The molecule has 5 heteroatoms. The van der Waals surface area contributed by atoms with Crippen molar-refractivity contribution in [2.75, 3.05) is 27.4 Å². The van der Waals surface area contributed by atoms with E-state index in [1.54, 1.807) is 21.1 Å². The summed E-state index contributed by atoms with van der Waals surface area (Å²) in [5.74, 6) is 0. The highest BCUT2D eigenvalue weighted by Crippen LogP contribution is 2.35.